The van der Waals surface area contributed by atoms with Crippen LogP contribution < -0.4 is 5.73 Å². The lowest BCUT2D eigenvalue weighted by Gasteiger charge is -2.35. The molecule has 0 amide bonds. The van der Waals surface area contributed by atoms with Crippen LogP contribution in [0.3, 0.4) is 0 Å². The van der Waals surface area contributed by atoms with Crippen LogP contribution in [0.4, 0.5) is 5.95 Å². The number of thioether (sulfide) groups is 1. The standard InChI is InChI=1S/C19H22N4OS/c1-3-7-25-19-22-17(21-18(20)23-19)15-11(2)8-13-10-24-9-12-5-4-6-14(15)16(12)13/h4-5,8,14H,3,6-7,9-10H2,1-2H3,(H2,20,21,22,23). The maximum Gasteiger partial charge on any atom is 0.224 e. The maximum absolute atomic E-state index is 5.98. The molecule has 2 N–H and O–H groups in total. The predicted molar refractivity (Wildman–Crippen MR) is 101 cm³/mol. The van der Waals surface area contributed by atoms with E-state index >= 15 is 0 Å². The smallest absolute Gasteiger partial charge is 0.224 e. The van der Waals surface area contributed by atoms with E-state index in [4.69, 9.17) is 15.5 Å². The highest BCUT2D eigenvalue weighted by atomic mass is 32.2. The molecule has 1 aromatic heterocycles. The van der Waals surface area contributed by atoms with Crippen LogP contribution in [0, 0.1) is 5.92 Å². The van der Waals surface area contributed by atoms with Gasteiger partial charge in [-0.15, -0.1) is 0 Å². The zero-order chi connectivity index (χ0) is 17.4. The fraction of sp³-hybridized carbons (Fsp3) is 0.421. The van der Waals surface area contributed by atoms with E-state index in [-0.39, 0.29) is 5.92 Å². The van der Waals surface area contributed by atoms with Crippen molar-refractivity contribution in [3.63, 3.8) is 0 Å². The highest BCUT2D eigenvalue weighted by Gasteiger charge is 2.34. The van der Waals surface area contributed by atoms with E-state index in [1.54, 1.807) is 11.8 Å². The third-order valence-corrected chi connectivity index (χ3v) is 5.77. The van der Waals surface area contributed by atoms with Crippen molar-refractivity contribution in [1.29, 1.82) is 0 Å². The molecular weight excluding hydrogens is 332 g/mol. The summed E-state index contributed by atoms with van der Waals surface area (Å²) in [6.07, 6.45) is 8.68. The molecule has 0 saturated heterocycles. The molecule has 0 radical (unpaired) electrons. The summed E-state index contributed by atoms with van der Waals surface area (Å²) in [5.74, 6) is 2.28. The molecule has 1 aliphatic heterocycles. The van der Waals surface area contributed by atoms with E-state index < -0.39 is 0 Å². The topological polar surface area (TPSA) is 73.9 Å². The molecule has 130 valence electrons. The summed E-state index contributed by atoms with van der Waals surface area (Å²) in [6, 6.07) is 0. The van der Waals surface area contributed by atoms with Gasteiger partial charge in [0.05, 0.1) is 13.2 Å². The summed E-state index contributed by atoms with van der Waals surface area (Å²) >= 11 is 1.63. The second kappa shape index (κ2) is 6.77. The number of aromatic nitrogens is 3. The van der Waals surface area contributed by atoms with Crippen LogP contribution in [0.2, 0.25) is 0 Å². The van der Waals surface area contributed by atoms with Gasteiger partial charge in [-0.2, -0.15) is 9.97 Å². The first-order chi connectivity index (χ1) is 12.2. The molecule has 5 nitrogen and oxygen atoms in total. The van der Waals surface area contributed by atoms with Gasteiger partial charge in [-0.1, -0.05) is 36.9 Å². The Kier molecular flexibility index (Phi) is 4.48. The van der Waals surface area contributed by atoms with Crippen molar-refractivity contribution < 1.29 is 4.74 Å². The Labute approximate surface area is 152 Å². The van der Waals surface area contributed by atoms with E-state index in [1.165, 1.54) is 27.9 Å². The minimum atomic E-state index is 0.287. The average molecular weight is 354 g/mol. The van der Waals surface area contributed by atoms with Gasteiger partial charge in [0.25, 0.3) is 0 Å². The van der Waals surface area contributed by atoms with Crippen molar-refractivity contribution in [1.82, 2.24) is 15.0 Å². The number of rotatable bonds is 4. The van der Waals surface area contributed by atoms with Crippen LogP contribution in [-0.4, -0.2) is 33.9 Å². The Hall–Kier alpha value is -1.92. The molecule has 6 heteroatoms. The first kappa shape index (κ1) is 16.5. The Bertz CT molecular complexity index is 838. The Morgan fingerprint density at radius 3 is 2.96 bits per heavy atom. The molecule has 0 spiro atoms. The van der Waals surface area contributed by atoms with Gasteiger partial charge in [-0.05, 0) is 42.1 Å². The number of nitrogen functional groups attached to an aromatic ring is 1. The largest absolute Gasteiger partial charge is 0.372 e. The van der Waals surface area contributed by atoms with Crippen molar-refractivity contribution in [2.75, 3.05) is 24.7 Å². The molecule has 0 fully saturated rings. The van der Waals surface area contributed by atoms with E-state index in [0.717, 1.165) is 24.4 Å². The Morgan fingerprint density at radius 1 is 1.24 bits per heavy atom. The molecule has 4 rings (SSSR count). The molecule has 2 aliphatic carbocycles. The highest BCUT2D eigenvalue weighted by Crippen LogP contribution is 2.46. The summed E-state index contributed by atoms with van der Waals surface area (Å²) < 4.78 is 5.73. The number of hydrogen-bond donors (Lipinski definition) is 1. The molecule has 0 saturated carbocycles. The first-order valence-electron chi connectivity index (χ1n) is 8.71. The lowest BCUT2D eigenvalue weighted by atomic mass is 9.72. The van der Waals surface area contributed by atoms with E-state index in [9.17, 15) is 0 Å². The van der Waals surface area contributed by atoms with Crippen molar-refractivity contribution in [3.05, 3.63) is 46.3 Å². The lowest BCUT2D eigenvalue weighted by molar-refractivity contribution is 0.171. The minimum absolute atomic E-state index is 0.287. The molecule has 1 atom stereocenters. The summed E-state index contributed by atoms with van der Waals surface area (Å²) in [5, 5.41) is 0.715. The molecule has 1 unspecified atom stereocenters. The first-order valence-corrected chi connectivity index (χ1v) is 9.69. The van der Waals surface area contributed by atoms with Gasteiger partial charge >= 0.3 is 0 Å². The maximum atomic E-state index is 5.98. The molecule has 0 bridgehead atoms. The average Bonchev–Trinajstić information content (AvgIpc) is 2.60. The second-order valence-electron chi connectivity index (χ2n) is 6.54. The van der Waals surface area contributed by atoms with Gasteiger partial charge < -0.3 is 10.5 Å². The Balaban J connectivity index is 1.81. The fourth-order valence-electron chi connectivity index (χ4n) is 3.76. The number of anilines is 1. The quantitative estimate of drug-likeness (QED) is 0.833. The summed E-state index contributed by atoms with van der Waals surface area (Å²) in [7, 11) is 0. The van der Waals surface area contributed by atoms with Crippen molar-refractivity contribution >= 4 is 23.3 Å². The van der Waals surface area contributed by atoms with Gasteiger partial charge in [0.2, 0.25) is 5.95 Å². The highest BCUT2D eigenvalue weighted by molar-refractivity contribution is 7.99. The van der Waals surface area contributed by atoms with Crippen LogP contribution in [0.15, 0.2) is 45.7 Å². The zero-order valence-electron chi connectivity index (χ0n) is 14.6. The molecule has 3 aliphatic rings. The second-order valence-corrected chi connectivity index (χ2v) is 7.60. The molecule has 2 heterocycles. The number of nitrogens with two attached hydrogens (primary N) is 1. The molecular formula is C19H22N4OS. The SMILES string of the molecule is CCCSc1nc(N)nc(C2=C(C)C=C3COCC4=C3C2CC=C4)n1. The molecule has 25 heavy (non-hydrogen) atoms. The van der Waals surface area contributed by atoms with Gasteiger partial charge in [0, 0.05) is 17.2 Å². The number of allylic oxidation sites excluding steroid dienone is 4. The van der Waals surface area contributed by atoms with Gasteiger partial charge in [0.1, 0.15) is 0 Å². The van der Waals surface area contributed by atoms with Crippen molar-refractivity contribution in [3.8, 4) is 0 Å². The van der Waals surface area contributed by atoms with Crippen LogP contribution in [0.1, 0.15) is 32.5 Å². The number of nitrogens with zero attached hydrogens (tertiary/aromatic N) is 3. The van der Waals surface area contributed by atoms with Gasteiger partial charge in [-0.25, -0.2) is 4.98 Å². The van der Waals surface area contributed by atoms with Crippen LogP contribution in [-0.2, 0) is 4.74 Å². The van der Waals surface area contributed by atoms with Crippen LogP contribution >= 0.6 is 11.8 Å². The monoisotopic (exact) mass is 354 g/mol. The van der Waals surface area contributed by atoms with E-state index in [1.807, 2.05) is 0 Å². The number of hydrogen-bond acceptors (Lipinski definition) is 6. The summed E-state index contributed by atoms with van der Waals surface area (Å²) in [4.78, 5) is 13.5. The Morgan fingerprint density at radius 2 is 2.12 bits per heavy atom. The van der Waals surface area contributed by atoms with Crippen LogP contribution in [0.25, 0.3) is 5.57 Å². The zero-order valence-corrected chi connectivity index (χ0v) is 15.4. The van der Waals surface area contributed by atoms with E-state index in [0.29, 0.717) is 24.3 Å². The van der Waals surface area contributed by atoms with Gasteiger partial charge in [-0.3, -0.25) is 0 Å². The third kappa shape index (κ3) is 3.04. The third-order valence-electron chi connectivity index (χ3n) is 4.72. The van der Waals surface area contributed by atoms with Crippen molar-refractivity contribution in [2.45, 2.75) is 31.8 Å². The predicted octanol–water partition coefficient (Wildman–Crippen LogP) is 3.57. The summed E-state index contributed by atoms with van der Waals surface area (Å²) in [6.45, 7) is 5.64. The van der Waals surface area contributed by atoms with Crippen molar-refractivity contribution in [2.24, 2.45) is 5.92 Å². The van der Waals surface area contributed by atoms with E-state index in [2.05, 4.69) is 42.0 Å². The van der Waals surface area contributed by atoms with Gasteiger partial charge in [0.15, 0.2) is 11.0 Å². The minimum Gasteiger partial charge on any atom is -0.372 e. The molecule has 0 aromatic carbocycles. The normalized spacial score (nSPS) is 22.2. The molecule has 1 aromatic rings. The fourth-order valence-corrected chi connectivity index (χ4v) is 4.46. The number of ether oxygens (including phenoxy) is 1. The van der Waals surface area contributed by atoms with Crippen LogP contribution in [0.5, 0.6) is 0 Å². The summed E-state index contributed by atoms with van der Waals surface area (Å²) in [5.41, 5.74) is 12.3. The lowest BCUT2D eigenvalue weighted by Crippen LogP contribution is -2.26.